The summed E-state index contributed by atoms with van der Waals surface area (Å²) >= 11 is 0. The number of aromatic nitrogens is 2. The Labute approximate surface area is 188 Å². The van der Waals surface area contributed by atoms with E-state index in [-0.39, 0.29) is 27.7 Å². The highest BCUT2D eigenvalue weighted by Gasteiger charge is 2.19. The van der Waals surface area contributed by atoms with E-state index in [1.54, 1.807) is 30.3 Å². The lowest BCUT2D eigenvalue weighted by Crippen LogP contribution is -2.17. The van der Waals surface area contributed by atoms with Crippen molar-refractivity contribution in [1.82, 2.24) is 9.97 Å². The molecule has 4 rings (SSSR count). The third-order valence-corrected chi connectivity index (χ3v) is 6.00. The van der Waals surface area contributed by atoms with Gasteiger partial charge in [-0.15, -0.1) is 0 Å². The molecule has 4 N–H and O–H groups in total. The summed E-state index contributed by atoms with van der Waals surface area (Å²) in [7, 11) is -4.13. The molecule has 0 saturated heterocycles. The highest BCUT2D eigenvalue weighted by atomic mass is 32.2. The van der Waals surface area contributed by atoms with E-state index in [2.05, 4.69) is 20.0 Å². The molecule has 168 valence electrons. The number of aliphatic hydroxyl groups excluding tert-OH is 1. The average Bonchev–Trinajstić information content (AvgIpc) is 2.79. The number of fused-ring (bicyclic) bond motifs is 1. The number of hydrogen-bond acceptors (Lipinski definition) is 8. The molecular weight excluding hydrogens is 448 g/mol. The standard InChI is InChI=1S/C22H17N4O6S/c27-21(28)13-8-10-16(11-9-13)33(31,32)26-20-19(24-17-6-1-2-7-18(17)25-20)23-15-5-3-4-14(12-15)22(29)30/h1-12,21,27H,(H,23,24)(H,25,26)(H,29,30)/q-1. The molecule has 10 nitrogen and oxygen atoms in total. The summed E-state index contributed by atoms with van der Waals surface area (Å²) in [5.74, 6) is -1.16. The molecular formula is C22H17N4O6S-. The Morgan fingerprint density at radius 3 is 2.15 bits per heavy atom. The van der Waals surface area contributed by atoms with Gasteiger partial charge in [-0.2, -0.15) is 0 Å². The fourth-order valence-corrected chi connectivity index (χ4v) is 4.03. The van der Waals surface area contributed by atoms with Crippen molar-refractivity contribution in [3.63, 3.8) is 0 Å². The van der Waals surface area contributed by atoms with Crippen LogP contribution in [-0.2, 0) is 10.0 Å². The number of carboxylic acids is 1. The fourth-order valence-electron chi connectivity index (χ4n) is 3.02. The van der Waals surface area contributed by atoms with Gasteiger partial charge in [0.25, 0.3) is 10.0 Å². The Kier molecular flexibility index (Phi) is 5.92. The molecule has 0 spiro atoms. The topological polar surface area (TPSA) is 165 Å². The second kappa shape index (κ2) is 8.82. The number of hydrogen-bond donors (Lipinski definition) is 4. The predicted octanol–water partition coefficient (Wildman–Crippen LogP) is 2.22. The number of aliphatic hydroxyl groups is 1. The van der Waals surface area contributed by atoms with Crippen LogP contribution in [0.5, 0.6) is 0 Å². The molecule has 0 aliphatic heterocycles. The van der Waals surface area contributed by atoms with Crippen molar-refractivity contribution in [3.05, 3.63) is 83.9 Å². The van der Waals surface area contributed by atoms with Gasteiger partial charge in [0.1, 0.15) is 0 Å². The maximum absolute atomic E-state index is 12.9. The van der Waals surface area contributed by atoms with Crippen molar-refractivity contribution in [2.24, 2.45) is 0 Å². The summed E-state index contributed by atoms with van der Waals surface area (Å²) in [4.78, 5) is 19.9. The van der Waals surface area contributed by atoms with Gasteiger partial charge in [-0.3, -0.25) is 4.72 Å². The summed E-state index contributed by atoms with van der Waals surface area (Å²) in [5.41, 5.74) is 1.36. The Hall–Kier alpha value is -4.06. The van der Waals surface area contributed by atoms with E-state index in [4.69, 9.17) is 5.11 Å². The van der Waals surface area contributed by atoms with Crippen LogP contribution < -0.4 is 15.1 Å². The highest BCUT2D eigenvalue weighted by Crippen LogP contribution is 2.27. The number of rotatable bonds is 7. The van der Waals surface area contributed by atoms with E-state index in [1.165, 1.54) is 42.5 Å². The number of carbonyl (C=O) groups is 1. The van der Waals surface area contributed by atoms with Gasteiger partial charge in [0.15, 0.2) is 11.6 Å². The van der Waals surface area contributed by atoms with Crippen LogP contribution in [0.3, 0.4) is 0 Å². The largest absolute Gasteiger partial charge is 0.828 e. The Bertz CT molecular complexity index is 1440. The van der Waals surface area contributed by atoms with Crippen molar-refractivity contribution in [1.29, 1.82) is 0 Å². The molecule has 11 heteroatoms. The minimum absolute atomic E-state index is 0.0279. The Morgan fingerprint density at radius 1 is 0.909 bits per heavy atom. The zero-order chi connectivity index (χ0) is 23.6. The number of benzene rings is 3. The monoisotopic (exact) mass is 465 g/mol. The maximum Gasteiger partial charge on any atom is 0.335 e. The Balaban J connectivity index is 1.74. The SMILES string of the molecule is O=C(O)c1cccc(Nc2nc3ccccc3nc2NS(=O)(=O)c2ccc(C([O-])O)cc2)c1. The number of aromatic carboxylic acids is 1. The van der Waals surface area contributed by atoms with E-state index in [9.17, 15) is 23.4 Å². The molecule has 1 atom stereocenters. The lowest BCUT2D eigenvalue weighted by atomic mass is 10.2. The number of para-hydroxylation sites is 2. The van der Waals surface area contributed by atoms with E-state index in [0.29, 0.717) is 16.7 Å². The third kappa shape index (κ3) is 4.90. The first-order chi connectivity index (χ1) is 15.7. The van der Waals surface area contributed by atoms with Gasteiger partial charge in [-0.1, -0.05) is 30.3 Å². The maximum atomic E-state index is 12.9. The zero-order valence-electron chi connectivity index (χ0n) is 16.8. The van der Waals surface area contributed by atoms with Crippen molar-refractivity contribution in [3.8, 4) is 0 Å². The first-order valence-electron chi connectivity index (χ1n) is 9.57. The normalized spacial score (nSPS) is 12.3. The molecule has 0 aliphatic rings. The van der Waals surface area contributed by atoms with Crippen molar-refractivity contribution in [2.45, 2.75) is 11.2 Å². The molecule has 0 saturated carbocycles. The molecule has 1 aromatic heterocycles. The number of anilines is 3. The zero-order valence-corrected chi connectivity index (χ0v) is 17.7. The van der Waals surface area contributed by atoms with Gasteiger partial charge in [-0.25, -0.2) is 23.2 Å². The predicted molar refractivity (Wildman–Crippen MR) is 118 cm³/mol. The fraction of sp³-hybridized carbons (Fsp3) is 0.0455. The lowest BCUT2D eigenvalue weighted by Gasteiger charge is -2.16. The molecule has 0 amide bonds. The Morgan fingerprint density at radius 2 is 1.55 bits per heavy atom. The molecule has 0 bridgehead atoms. The van der Waals surface area contributed by atoms with Crippen LogP contribution in [0.1, 0.15) is 22.2 Å². The van der Waals surface area contributed by atoms with Crippen LogP contribution in [0, 0.1) is 0 Å². The van der Waals surface area contributed by atoms with Gasteiger partial charge >= 0.3 is 5.97 Å². The number of nitrogens with one attached hydrogen (secondary N) is 2. The second-order valence-corrected chi connectivity index (χ2v) is 8.63. The quantitative estimate of drug-likeness (QED) is 0.299. The average molecular weight is 465 g/mol. The van der Waals surface area contributed by atoms with E-state index in [0.717, 1.165) is 0 Å². The van der Waals surface area contributed by atoms with Gasteiger partial charge in [-0.05, 0) is 48.0 Å². The first-order valence-corrected chi connectivity index (χ1v) is 11.0. The summed E-state index contributed by atoms with van der Waals surface area (Å²) in [5, 5.41) is 32.4. The van der Waals surface area contributed by atoms with E-state index >= 15 is 0 Å². The summed E-state index contributed by atoms with van der Waals surface area (Å²) < 4.78 is 28.3. The molecule has 33 heavy (non-hydrogen) atoms. The minimum Gasteiger partial charge on any atom is -0.828 e. The van der Waals surface area contributed by atoms with Crippen LogP contribution in [0.2, 0.25) is 0 Å². The molecule has 1 unspecified atom stereocenters. The molecule has 1 heterocycles. The van der Waals surface area contributed by atoms with Crippen LogP contribution in [0.25, 0.3) is 11.0 Å². The van der Waals surface area contributed by atoms with Crippen LogP contribution in [0.4, 0.5) is 17.3 Å². The lowest BCUT2D eigenvalue weighted by molar-refractivity contribution is -0.490. The van der Waals surface area contributed by atoms with Crippen molar-refractivity contribution < 1.29 is 28.5 Å². The molecule has 0 fully saturated rings. The summed E-state index contributed by atoms with van der Waals surface area (Å²) in [6.07, 6.45) is -1.97. The number of carboxylic acid groups (broad SMARTS) is 1. The third-order valence-electron chi connectivity index (χ3n) is 4.65. The molecule has 4 aromatic rings. The summed E-state index contributed by atoms with van der Waals surface area (Å²) in [6, 6.07) is 17.6. The molecule has 3 aromatic carbocycles. The van der Waals surface area contributed by atoms with E-state index < -0.39 is 22.3 Å². The van der Waals surface area contributed by atoms with E-state index in [1.807, 2.05) is 0 Å². The smallest absolute Gasteiger partial charge is 0.335 e. The minimum atomic E-state index is -4.13. The number of sulfonamides is 1. The summed E-state index contributed by atoms with van der Waals surface area (Å²) in [6.45, 7) is 0. The van der Waals surface area contributed by atoms with Crippen molar-refractivity contribution in [2.75, 3.05) is 10.0 Å². The highest BCUT2D eigenvalue weighted by molar-refractivity contribution is 7.92. The van der Waals surface area contributed by atoms with Crippen LogP contribution >= 0.6 is 0 Å². The van der Waals surface area contributed by atoms with Gasteiger partial charge in [0.05, 0.1) is 21.5 Å². The van der Waals surface area contributed by atoms with Gasteiger partial charge < -0.3 is 20.6 Å². The second-order valence-electron chi connectivity index (χ2n) is 6.95. The van der Waals surface area contributed by atoms with Gasteiger partial charge in [0, 0.05) is 12.0 Å². The van der Waals surface area contributed by atoms with Gasteiger partial charge in [0.2, 0.25) is 0 Å². The first kappa shape index (κ1) is 22.1. The number of nitrogens with zero attached hydrogens (tertiary/aromatic N) is 2. The van der Waals surface area contributed by atoms with Crippen molar-refractivity contribution >= 4 is 44.3 Å². The molecule has 0 radical (unpaired) electrons. The van der Waals surface area contributed by atoms with Crippen LogP contribution in [-0.4, -0.2) is 34.6 Å². The molecule has 0 aliphatic carbocycles. The van der Waals surface area contributed by atoms with Crippen LogP contribution in [0.15, 0.2) is 77.7 Å².